The number of para-hydroxylation sites is 1. The van der Waals surface area contributed by atoms with E-state index < -0.39 is 0 Å². The number of guanidine groups is 1. The Kier molecular flexibility index (Phi) is 8.78. The molecule has 0 aliphatic carbocycles. The van der Waals surface area contributed by atoms with Gasteiger partial charge in [-0.3, -0.25) is 9.79 Å². The summed E-state index contributed by atoms with van der Waals surface area (Å²) in [5.74, 6) is 1.81. The van der Waals surface area contributed by atoms with E-state index in [0.29, 0.717) is 18.9 Å². The van der Waals surface area contributed by atoms with Crippen LogP contribution in [0, 0.1) is 6.92 Å². The topological polar surface area (TPSA) is 69.2 Å². The van der Waals surface area contributed by atoms with Crippen LogP contribution in [0.15, 0.2) is 53.5 Å². The van der Waals surface area contributed by atoms with Crippen LogP contribution in [-0.4, -0.2) is 70.2 Å². The minimum atomic E-state index is 0.187. The average molecular weight is 438 g/mol. The average Bonchev–Trinajstić information content (AvgIpc) is 2.84. The third-order valence-corrected chi connectivity index (χ3v) is 5.79. The summed E-state index contributed by atoms with van der Waals surface area (Å²) < 4.78 is 5.39. The zero-order chi connectivity index (χ0) is 22.8. The molecule has 2 aromatic rings. The molecule has 0 spiro atoms. The van der Waals surface area contributed by atoms with Crippen molar-refractivity contribution >= 4 is 17.6 Å². The molecule has 0 atom stereocenters. The van der Waals surface area contributed by atoms with Crippen LogP contribution in [0.1, 0.15) is 17.5 Å². The smallest absolute Gasteiger partial charge is 0.224 e. The molecule has 0 radical (unpaired) electrons. The van der Waals surface area contributed by atoms with E-state index in [1.54, 1.807) is 14.2 Å². The van der Waals surface area contributed by atoms with Crippen molar-refractivity contribution in [2.45, 2.75) is 19.8 Å². The van der Waals surface area contributed by atoms with Crippen LogP contribution in [0.4, 0.5) is 5.69 Å². The van der Waals surface area contributed by atoms with Gasteiger partial charge in [-0.25, -0.2) is 0 Å². The minimum absolute atomic E-state index is 0.187. The third kappa shape index (κ3) is 6.64. The van der Waals surface area contributed by atoms with Crippen LogP contribution < -0.4 is 20.3 Å². The van der Waals surface area contributed by atoms with Crippen molar-refractivity contribution in [1.29, 1.82) is 0 Å². The lowest BCUT2D eigenvalue weighted by atomic mass is 10.1. The highest BCUT2D eigenvalue weighted by atomic mass is 16.5. The van der Waals surface area contributed by atoms with Gasteiger partial charge in [-0.05, 0) is 42.7 Å². The number of hydrogen-bond acceptors (Lipinski definition) is 4. The van der Waals surface area contributed by atoms with Gasteiger partial charge in [0.2, 0.25) is 5.91 Å². The van der Waals surface area contributed by atoms with E-state index >= 15 is 0 Å². The summed E-state index contributed by atoms with van der Waals surface area (Å²) in [7, 11) is 3.44. The monoisotopic (exact) mass is 437 g/mol. The molecule has 3 rings (SSSR count). The zero-order valence-corrected chi connectivity index (χ0v) is 19.4. The third-order valence-electron chi connectivity index (χ3n) is 5.79. The zero-order valence-electron chi connectivity index (χ0n) is 19.4. The van der Waals surface area contributed by atoms with Gasteiger partial charge >= 0.3 is 0 Å². The van der Waals surface area contributed by atoms with Gasteiger partial charge in [-0.1, -0.05) is 30.3 Å². The number of nitrogens with zero attached hydrogens (tertiary/aromatic N) is 3. The van der Waals surface area contributed by atoms with Crippen LogP contribution in [0.25, 0.3) is 0 Å². The number of piperazine rings is 1. The number of amides is 1. The van der Waals surface area contributed by atoms with Crippen molar-refractivity contribution in [3.05, 3.63) is 59.7 Å². The molecule has 7 heteroatoms. The molecule has 2 aromatic carbocycles. The molecule has 0 aromatic heterocycles. The first-order chi connectivity index (χ1) is 15.6. The molecular weight excluding hydrogens is 402 g/mol. The van der Waals surface area contributed by atoms with E-state index in [-0.39, 0.29) is 5.91 Å². The second-order valence-electron chi connectivity index (χ2n) is 7.93. The Morgan fingerprint density at radius 2 is 1.75 bits per heavy atom. The van der Waals surface area contributed by atoms with E-state index in [1.165, 1.54) is 11.3 Å². The van der Waals surface area contributed by atoms with Gasteiger partial charge in [0.25, 0.3) is 0 Å². The summed E-state index contributed by atoms with van der Waals surface area (Å²) in [4.78, 5) is 21.1. The van der Waals surface area contributed by atoms with Gasteiger partial charge < -0.3 is 25.2 Å². The number of ether oxygens (including phenoxy) is 1. The first-order valence-corrected chi connectivity index (χ1v) is 11.3. The molecule has 1 heterocycles. The highest BCUT2D eigenvalue weighted by molar-refractivity contribution is 5.81. The fourth-order valence-corrected chi connectivity index (χ4v) is 3.86. The summed E-state index contributed by atoms with van der Waals surface area (Å²) in [6, 6.07) is 16.6. The Labute approximate surface area is 191 Å². The lowest BCUT2D eigenvalue weighted by Crippen LogP contribution is -2.49. The van der Waals surface area contributed by atoms with Crippen LogP contribution in [0.5, 0.6) is 5.75 Å². The van der Waals surface area contributed by atoms with Crippen LogP contribution in [-0.2, 0) is 11.2 Å². The van der Waals surface area contributed by atoms with Crippen molar-refractivity contribution in [3.63, 3.8) is 0 Å². The molecule has 7 nitrogen and oxygen atoms in total. The number of benzene rings is 2. The number of aliphatic imine (C=N–C) groups is 1. The second kappa shape index (κ2) is 12.0. The highest BCUT2D eigenvalue weighted by Gasteiger charge is 2.20. The first-order valence-electron chi connectivity index (χ1n) is 11.3. The molecule has 0 saturated carbocycles. The molecule has 1 saturated heterocycles. The van der Waals surface area contributed by atoms with Crippen molar-refractivity contribution in [2.24, 2.45) is 4.99 Å². The maximum absolute atomic E-state index is 12.6. The second-order valence-corrected chi connectivity index (χ2v) is 7.93. The van der Waals surface area contributed by atoms with Crippen molar-refractivity contribution in [3.8, 4) is 5.75 Å². The Bertz CT molecular complexity index is 892. The standard InChI is InChI=1S/C25H35N5O2/c1-20-9-10-21(19-23(20)32-3)11-13-27-25(26-2)28-14-12-24(31)30-17-15-29(16-18-30)22-7-5-4-6-8-22/h4-10,19H,11-18H2,1-3H3,(H2,26,27,28). The van der Waals surface area contributed by atoms with Crippen LogP contribution in [0.3, 0.4) is 0 Å². The largest absolute Gasteiger partial charge is 0.496 e. The summed E-state index contributed by atoms with van der Waals surface area (Å²) >= 11 is 0. The maximum Gasteiger partial charge on any atom is 0.224 e. The highest BCUT2D eigenvalue weighted by Crippen LogP contribution is 2.19. The lowest BCUT2D eigenvalue weighted by molar-refractivity contribution is -0.131. The minimum Gasteiger partial charge on any atom is -0.496 e. The predicted molar refractivity (Wildman–Crippen MR) is 131 cm³/mol. The Hall–Kier alpha value is -3.22. The summed E-state index contributed by atoms with van der Waals surface area (Å²) in [6.07, 6.45) is 1.32. The van der Waals surface area contributed by atoms with Gasteiger partial charge in [-0.2, -0.15) is 0 Å². The number of carbonyl (C=O) groups excluding carboxylic acids is 1. The summed E-state index contributed by atoms with van der Waals surface area (Å²) in [5.41, 5.74) is 3.56. The van der Waals surface area contributed by atoms with Gasteiger partial charge in [0.1, 0.15) is 5.75 Å². The Balaban J connectivity index is 1.34. The van der Waals surface area contributed by atoms with E-state index in [2.05, 4.69) is 63.0 Å². The maximum atomic E-state index is 12.6. The lowest BCUT2D eigenvalue weighted by Gasteiger charge is -2.36. The molecule has 1 fully saturated rings. The van der Waals surface area contributed by atoms with Gasteiger partial charge in [0, 0.05) is 58.4 Å². The van der Waals surface area contributed by atoms with Crippen LogP contribution >= 0.6 is 0 Å². The molecular formula is C25H35N5O2. The molecule has 1 aliphatic heterocycles. The van der Waals surface area contributed by atoms with Gasteiger partial charge in [-0.15, -0.1) is 0 Å². The van der Waals surface area contributed by atoms with Crippen molar-refractivity contribution < 1.29 is 9.53 Å². The molecule has 172 valence electrons. The Morgan fingerprint density at radius 1 is 1.03 bits per heavy atom. The molecule has 2 N–H and O–H groups in total. The molecule has 1 aliphatic rings. The van der Waals surface area contributed by atoms with Crippen molar-refractivity contribution in [1.82, 2.24) is 15.5 Å². The summed E-state index contributed by atoms with van der Waals surface area (Å²) in [5, 5.41) is 6.56. The van der Waals surface area contributed by atoms with E-state index in [9.17, 15) is 4.79 Å². The number of nitrogens with one attached hydrogen (secondary N) is 2. The first kappa shape index (κ1) is 23.4. The number of aryl methyl sites for hydroxylation is 1. The number of anilines is 1. The van der Waals surface area contributed by atoms with E-state index in [4.69, 9.17) is 4.74 Å². The van der Waals surface area contributed by atoms with Gasteiger partial charge in [0.05, 0.1) is 7.11 Å². The van der Waals surface area contributed by atoms with Crippen molar-refractivity contribution in [2.75, 3.05) is 58.3 Å². The fraction of sp³-hybridized carbons (Fsp3) is 0.440. The fourth-order valence-electron chi connectivity index (χ4n) is 3.86. The van der Waals surface area contributed by atoms with Crippen LogP contribution in [0.2, 0.25) is 0 Å². The predicted octanol–water partition coefficient (Wildman–Crippen LogP) is 2.45. The summed E-state index contributed by atoms with van der Waals surface area (Å²) in [6.45, 7) is 6.63. The normalized spacial score (nSPS) is 14.3. The quantitative estimate of drug-likeness (QED) is 0.490. The molecule has 0 bridgehead atoms. The molecule has 1 amide bonds. The number of hydrogen-bond donors (Lipinski definition) is 2. The van der Waals surface area contributed by atoms with Gasteiger partial charge in [0.15, 0.2) is 5.96 Å². The number of methoxy groups -OCH3 is 1. The molecule has 32 heavy (non-hydrogen) atoms. The number of carbonyl (C=O) groups is 1. The SMILES string of the molecule is CN=C(NCCC(=O)N1CCN(c2ccccc2)CC1)NCCc1ccc(C)c(OC)c1. The Morgan fingerprint density at radius 3 is 2.44 bits per heavy atom. The van der Waals surface area contributed by atoms with E-state index in [1.807, 2.05) is 17.9 Å². The van der Waals surface area contributed by atoms with E-state index in [0.717, 1.165) is 50.5 Å². The molecule has 0 unspecified atom stereocenters. The number of rotatable bonds is 8.